The molecule has 8 heteroatoms. The van der Waals surface area contributed by atoms with E-state index < -0.39 is 6.10 Å². The maximum Gasteiger partial charge on any atom is 0.346 e. The molecular weight excluding hydrogens is 348 g/mol. The third kappa shape index (κ3) is 4.50. The molecule has 3 heterocycles. The number of hydrogen-bond acceptors (Lipinski definition) is 5. The molecule has 0 aliphatic carbocycles. The van der Waals surface area contributed by atoms with Crippen molar-refractivity contribution in [2.45, 2.75) is 59.4 Å². The van der Waals surface area contributed by atoms with Crippen LogP contribution in [-0.2, 0) is 29.2 Å². The van der Waals surface area contributed by atoms with Crippen molar-refractivity contribution in [3.05, 3.63) is 40.5 Å². The minimum atomic E-state index is -0.495. The van der Waals surface area contributed by atoms with Crippen LogP contribution in [0.2, 0.25) is 0 Å². The molecule has 148 valence electrons. The minimum Gasteiger partial charge on any atom is -0.467 e. The number of carbonyl (C=O) groups excluding carboxylic acids is 1. The molecule has 0 saturated heterocycles. The number of aryl methyl sites for hydroxylation is 1. The molecule has 0 saturated carbocycles. The lowest BCUT2D eigenvalue weighted by molar-refractivity contribution is -0.136. The predicted octanol–water partition coefficient (Wildman–Crippen LogP) is 2.19. The fourth-order valence-corrected chi connectivity index (χ4v) is 3.21. The standard InChI is InChI=1S/C19H28N4O4/c1-4-23-19(25)22-9-11-27-16(18(22)20-23)12-17(24)21(8-7-14(2)3)13-15-6-5-10-26-15/h5-6,10,14,16H,4,7-9,11-13H2,1-3H3. The fraction of sp³-hybridized carbons (Fsp3) is 0.632. The zero-order valence-corrected chi connectivity index (χ0v) is 16.3. The van der Waals surface area contributed by atoms with Gasteiger partial charge in [-0.2, -0.15) is 5.10 Å². The quantitative estimate of drug-likeness (QED) is 0.705. The van der Waals surface area contributed by atoms with E-state index in [1.165, 1.54) is 4.68 Å². The number of furan rings is 1. The van der Waals surface area contributed by atoms with Crippen LogP contribution >= 0.6 is 0 Å². The maximum absolute atomic E-state index is 13.0. The van der Waals surface area contributed by atoms with Crippen LogP contribution in [0, 0.1) is 5.92 Å². The number of hydrogen-bond donors (Lipinski definition) is 0. The molecule has 2 aromatic rings. The van der Waals surface area contributed by atoms with Crippen molar-refractivity contribution in [1.82, 2.24) is 19.2 Å². The number of ether oxygens (including phenoxy) is 1. The first-order chi connectivity index (χ1) is 13.0. The Balaban J connectivity index is 1.74. The first-order valence-corrected chi connectivity index (χ1v) is 9.58. The lowest BCUT2D eigenvalue weighted by atomic mass is 10.1. The highest BCUT2D eigenvalue weighted by molar-refractivity contribution is 5.76. The summed E-state index contributed by atoms with van der Waals surface area (Å²) < 4.78 is 14.2. The van der Waals surface area contributed by atoms with E-state index in [0.29, 0.717) is 44.5 Å². The molecule has 0 fully saturated rings. The molecule has 0 spiro atoms. The predicted molar refractivity (Wildman–Crippen MR) is 99.1 cm³/mol. The van der Waals surface area contributed by atoms with Crippen LogP contribution in [0.25, 0.3) is 0 Å². The lowest BCUT2D eigenvalue weighted by Gasteiger charge is -2.27. The van der Waals surface area contributed by atoms with E-state index in [1.54, 1.807) is 15.7 Å². The summed E-state index contributed by atoms with van der Waals surface area (Å²) in [6, 6.07) is 3.69. The van der Waals surface area contributed by atoms with Gasteiger partial charge in [-0.25, -0.2) is 9.48 Å². The van der Waals surface area contributed by atoms with E-state index in [0.717, 1.165) is 12.2 Å². The molecule has 0 N–H and O–H groups in total. The molecule has 1 amide bonds. The van der Waals surface area contributed by atoms with Crippen molar-refractivity contribution in [3.63, 3.8) is 0 Å². The molecule has 3 rings (SSSR count). The molecule has 0 radical (unpaired) electrons. The van der Waals surface area contributed by atoms with E-state index in [9.17, 15) is 9.59 Å². The topological polar surface area (TPSA) is 82.5 Å². The van der Waals surface area contributed by atoms with Gasteiger partial charge in [0, 0.05) is 13.1 Å². The van der Waals surface area contributed by atoms with Gasteiger partial charge in [0.15, 0.2) is 5.82 Å². The van der Waals surface area contributed by atoms with Crippen molar-refractivity contribution in [1.29, 1.82) is 0 Å². The summed E-state index contributed by atoms with van der Waals surface area (Å²) in [5, 5.41) is 4.37. The van der Waals surface area contributed by atoms with Gasteiger partial charge in [-0.05, 0) is 31.4 Å². The Hall–Kier alpha value is -2.35. The molecule has 27 heavy (non-hydrogen) atoms. The molecule has 2 aromatic heterocycles. The lowest BCUT2D eigenvalue weighted by Crippen LogP contribution is -2.36. The fourth-order valence-electron chi connectivity index (χ4n) is 3.21. The zero-order chi connectivity index (χ0) is 19.4. The summed E-state index contributed by atoms with van der Waals surface area (Å²) in [6.07, 6.45) is 2.19. The van der Waals surface area contributed by atoms with Gasteiger partial charge in [0.2, 0.25) is 5.91 Å². The monoisotopic (exact) mass is 376 g/mol. The number of rotatable bonds is 8. The number of carbonyl (C=O) groups is 1. The van der Waals surface area contributed by atoms with E-state index in [1.807, 2.05) is 19.1 Å². The van der Waals surface area contributed by atoms with Crippen molar-refractivity contribution in [2.24, 2.45) is 5.92 Å². The Kier molecular flexibility index (Phi) is 6.15. The first kappa shape index (κ1) is 19.4. The highest BCUT2D eigenvalue weighted by Gasteiger charge is 2.30. The van der Waals surface area contributed by atoms with Crippen molar-refractivity contribution >= 4 is 5.91 Å². The van der Waals surface area contributed by atoms with Crippen LogP contribution in [0.5, 0.6) is 0 Å². The average molecular weight is 376 g/mol. The van der Waals surface area contributed by atoms with E-state index in [4.69, 9.17) is 9.15 Å². The molecule has 1 aliphatic rings. The van der Waals surface area contributed by atoms with Crippen LogP contribution in [0.15, 0.2) is 27.6 Å². The summed E-state index contributed by atoms with van der Waals surface area (Å²) in [5.41, 5.74) is -0.138. The Morgan fingerprint density at radius 1 is 1.44 bits per heavy atom. The molecule has 0 bridgehead atoms. The average Bonchev–Trinajstić information content (AvgIpc) is 3.27. The van der Waals surface area contributed by atoms with Gasteiger partial charge in [-0.1, -0.05) is 13.8 Å². The van der Waals surface area contributed by atoms with E-state index in [2.05, 4.69) is 18.9 Å². The highest BCUT2D eigenvalue weighted by Crippen LogP contribution is 2.24. The second kappa shape index (κ2) is 8.56. The minimum absolute atomic E-state index is 0.0241. The molecule has 1 unspecified atom stereocenters. The third-order valence-electron chi connectivity index (χ3n) is 4.79. The van der Waals surface area contributed by atoms with Gasteiger partial charge in [-0.3, -0.25) is 9.36 Å². The zero-order valence-electron chi connectivity index (χ0n) is 16.3. The van der Waals surface area contributed by atoms with Gasteiger partial charge in [-0.15, -0.1) is 0 Å². The van der Waals surface area contributed by atoms with E-state index in [-0.39, 0.29) is 18.0 Å². The summed E-state index contributed by atoms with van der Waals surface area (Å²) in [7, 11) is 0. The first-order valence-electron chi connectivity index (χ1n) is 9.58. The van der Waals surface area contributed by atoms with Crippen molar-refractivity contribution < 1.29 is 13.9 Å². The molecule has 1 aliphatic heterocycles. The molecule has 8 nitrogen and oxygen atoms in total. The van der Waals surface area contributed by atoms with Crippen LogP contribution < -0.4 is 5.69 Å². The maximum atomic E-state index is 13.0. The van der Waals surface area contributed by atoms with Crippen molar-refractivity contribution in [2.75, 3.05) is 13.2 Å². The molecular formula is C19H28N4O4. The SMILES string of the molecule is CCn1nc2n(c1=O)CCOC2CC(=O)N(CCC(C)C)Cc1ccco1. The smallest absolute Gasteiger partial charge is 0.346 e. The normalized spacial score (nSPS) is 16.5. The molecule has 0 aromatic carbocycles. The van der Waals surface area contributed by atoms with Gasteiger partial charge in [0.05, 0.1) is 32.4 Å². The Bertz CT molecular complexity index is 806. The third-order valence-corrected chi connectivity index (χ3v) is 4.79. The second-order valence-electron chi connectivity index (χ2n) is 7.25. The van der Waals surface area contributed by atoms with Crippen LogP contribution in [-0.4, -0.2) is 38.3 Å². The van der Waals surface area contributed by atoms with Gasteiger partial charge >= 0.3 is 5.69 Å². The number of amides is 1. The number of nitrogens with zero attached hydrogens (tertiary/aromatic N) is 4. The summed E-state index contributed by atoms with van der Waals surface area (Å²) in [4.78, 5) is 27.1. The summed E-state index contributed by atoms with van der Waals surface area (Å²) >= 11 is 0. The van der Waals surface area contributed by atoms with Crippen LogP contribution in [0.4, 0.5) is 0 Å². The van der Waals surface area contributed by atoms with Gasteiger partial charge in [0.1, 0.15) is 11.9 Å². The van der Waals surface area contributed by atoms with Gasteiger partial charge < -0.3 is 14.1 Å². The van der Waals surface area contributed by atoms with Crippen molar-refractivity contribution in [3.8, 4) is 0 Å². The summed E-state index contributed by atoms with van der Waals surface area (Å²) in [5.74, 6) is 1.77. The second-order valence-corrected chi connectivity index (χ2v) is 7.25. The number of aromatic nitrogens is 3. The largest absolute Gasteiger partial charge is 0.467 e. The van der Waals surface area contributed by atoms with Crippen LogP contribution in [0.3, 0.4) is 0 Å². The van der Waals surface area contributed by atoms with Crippen LogP contribution in [0.1, 0.15) is 51.3 Å². The highest BCUT2D eigenvalue weighted by atomic mass is 16.5. The number of fused-ring (bicyclic) bond motifs is 1. The van der Waals surface area contributed by atoms with E-state index >= 15 is 0 Å². The summed E-state index contributed by atoms with van der Waals surface area (Å²) in [6.45, 7) is 8.61. The Labute approximate surface area is 158 Å². The molecule has 1 atom stereocenters. The Morgan fingerprint density at radius 2 is 2.26 bits per heavy atom. The Morgan fingerprint density at radius 3 is 2.93 bits per heavy atom. The van der Waals surface area contributed by atoms with Gasteiger partial charge in [0.25, 0.3) is 0 Å².